The van der Waals surface area contributed by atoms with E-state index < -0.39 is 18.0 Å². The Bertz CT molecular complexity index is 517. The number of urea groups is 1. The smallest absolute Gasteiger partial charge is 0.328 e. The molecule has 2 N–H and O–H groups in total. The Morgan fingerprint density at radius 1 is 1.60 bits per heavy atom. The van der Waals surface area contributed by atoms with Crippen LogP contribution in [-0.2, 0) is 16.1 Å². The highest BCUT2D eigenvalue weighted by Gasteiger charge is 2.36. The molecule has 108 valence electrons. The minimum absolute atomic E-state index is 0.0633. The van der Waals surface area contributed by atoms with Gasteiger partial charge in [-0.2, -0.15) is 11.3 Å². The van der Waals surface area contributed by atoms with Crippen molar-refractivity contribution in [1.82, 2.24) is 15.1 Å². The Morgan fingerprint density at radius 3 is 2.95 bits per heavy atom. The molecule has 0 bridgehead atoms. The number of aliphatic carboxylic acids is 1. The molecule has 1 fully saturated rings. The molecule has 0 aliphatic carbocycles. The van der Waals surface area contributed by atoms with Crippen molar-refractivity contribution in [2.45, 2.75) is 12.6 Å². The van der Waals surface area contributed by atoms with Gasteiger partial charge in [0.05, 0.1) is 0 Å². The Balaban J connectivity index is 2.08. The predicted molar refractivity (Wildman–Crippen MR) is 72.3 cm³/mol. The number of carbonyl (C=O) groups is 3. The van der Waals surface area contributed by atoms with Gasteiger partial charge in [0.1, 0.15) is 12.6 Å². The second-order valence-corrected chi connectivity index (χ2v) is 5.34. The maximum Gasteiger partial charge on any atom is 0.328 e. The van der Waals surface area contributed by atoms with Crippen LogP contribution in [0.2, 0.25) is 0 Å². The van der Waals surface area contributed by atoms with Crippen molar-refractivity contribution in [1.29, 1.82) is 0 Å². The zero-order chi connectivity index (χ0) is 14.7. The van der Waals surface area contributed by atoms with E-state index in [2.05, 4.69) is 5.32 Å². The fraction of sp³-hybridized carbons (Fsp3) is 0.417. The minimum atomic E-state index is -1.12. The van der Waals surface area contributed by atoms with Gasteiger partial charge in [-0.05, 0) is 22.4 Å². The van der Waals surface area contributed by atoms with Crippen LogP contribution in [0.5, 0.6) is 0 Å². The van der Waals surface area contributed by atoms with E-state index >= 15 is 0 Å². The third kappa shape index (κ3) is 3.08. The summed E-state index contributed by atoms with van der Waals surface area (Å²) in [5.41, 5.74) is 0.971. The van der Waals surface area contributed by atoms with Gasteiger partial charge < -0.3 is 15.3 Å². The first kappa shape index (κ1) is 14.3. The second kappa shape index (κ2) is 5.91. The first-order valence-corrected chi connectivity index (χ1v) is 6.95. The van der Waals surface area contributed by atoms with Crippen molar-refractivity contribution >= 4 is 29.2 Å². The van der Waals surface area contributed by atoms with Gasteiger partial charge in [-0.1, -0.05) is 0 Å². The van der Waals surface area contributed by atoms with E-state index in [1.807, 2.05) is 16.8 Å². The van der Waals surface area contributed by atoms with Crippen LogP contribution in [0.15, 0.2) is 16.8 Å². The predicted octanol–water partition coefficient (Wildman–Crippen LogP) is 0.185. The zero-order valence-corrected chi connectivity index (χ0v) is 11.7. The second-order valence-electron chi connectivity index (χ2n) is 4.56. The van der Waals surface area contributed by atoms with E-state index in [1.165, 1.54) is 16.2 Å². The van der Waals surface area contributed by atoms with E-state index in [0.717, 1.165) is 10.5 Å². The summed E-state index contributed by atoms with van der Waals surface area (Å²) in [4.78, 5) is 37.3. The van der Waals surface area contributed by atoms with Crippen molar-refractivity contribution in [3.8, 4) is 0 Å². The standard InChI is InChI=1S/C12H15N3O4S/c1-14(5-8-2-3-20-7-8)12(19)15-6-10(16)13-4-9(15)11(17)18/h2-3,7,9H,4-6H2,1H3,(H,13,16)(H,17,18). The number of hydrogen-bond donors (Lipinski definition) is 2. The molecule has 1 aromatic heterocycles. The molecule has 1 aliphatic rings. The molecule has 0 saturated carbocycles. The van der Waals surface area contributed by atoms with Crippen molar-refractivity contribution in [2.24, 2.45) is 0 Å². The number of nitrogens with zero attached hydrogens (tertiary/aromatic N) is 2. The van der Waals surface area contributed by atoms with E-state index in [4.69, 9.17) is 5.11 Å². The molecular weight excluding hydrogens is 282 g/mol. The number of piperazine rings is 1. The van der Waals surface area contributed by atoms with Crippen LogP contribution in [0.4, 0.5) is 4.79 Å². The van der Waals surface area contributed by atoms with Crippen LogP contribution in [0.3, 0.4) is 0 Å². The Kier molecular flexibility index (Phi) is 4.23. The van der Waals surface area contributed by atoms with Gasteiger partial charge in [0.15, 0.2) is 0 Å². The average Bonchev–Trinajstić information content (AvgIpc) is 2.90. The van der Waals surface area contributed by atoms with Crippen LogP contribution >= 0.6 is 11.3 Å². The largest absolute Gasteiger partial charge is 0.480 e. The number of nitrogens with one attached hydrogen (secondary N) is 1. The van der Waals surface area contributed by atoms with Gasteiger partial charge in [0, 0.05) is 20.1 Å². The van der Waals surface area contributed by atoms with Gasteiger partial charge in [-0.25, -0.2) is 9.59 Å². The lowest BCUT2D eigenvalue weighted by molar-refractivity contribution is -0.144. The molecule has 1 aliphatic heterocycles. The number of hydrogen-bond acceptors (Lipinski definition) is 4. The van der Waals surface area contributed by atoms with Crippen LogP contribution in [0.25, 0.3) is 0 Å². The SMILES string of the molecule is CN(Cc1ccsc1)C(=O)N1CC(=O)NCC1C(=O)O. The highest BCUT2D eigenvalue weighted by atomic mass is 32.1. The fourth-order valence-corrected chi connectivity index (χ4v) is 2.67. The lowest BCUT2D eigenvalue weighted by atomic mass is 10.2. The maximum absolute atomic E-state index is 12.3. The molecule has 0 radical (unpaired) electrons. The van der Waals surface area contributed by atoms with Crippen molar-refractivity contribution < 1.29 is 19.5 Å². The van der Waals surface area contributed by atoms with E-state index in [1.54, 1.807) is 7.05 Å². The summed E-state index contributed by atoms with van der Waals surface area (Å²) < 4.78 is 0. The third-order valence-corrected chi connectivity index (χ3v) is 3.77. The number of rotatable bonds is 3. The van der Waals surface area contributed by atoms with Gasteiger partial charge >= 0.3 is 12.0 Å². The number of carboxylic acids is 1. The Morgan fingerprint density at radius 2 is 2.35 bits per heavy atom. The molecule has 7 nitrogen and oxygen atoms in total. The first-order chi connectivity index (χ1) is 9.49. The molecular formula is C12H15N3O4S. The third-order valence-electron chi connectivity index (χ3n) is 3.04. The maximum atomic E-state index is 12.3. The zero-order valence-electron chi connectivity index (χ0n) is 10.9. The summed E-state index contributed by atoms with van der Waals surface area (Å²) in [5, 5.41) is 15.4. The summed E-state index contributed by atoms with van der Waals surface area (Å²) in [6, 6.07) is 0.412. The van der Waals surface area contributed by atoms with Gasteiger partial charge in [0.2, 0.25) is 5.91 Å². The van der Waals surface area contributed by atoms with Gasteiger partial charge in [0.25, 0.3) is 0 Å². The molecule has 3 amide bonds. The molecule has 0 spiro atoms. The fourth-order valence-electron chi connectivity index (χ4n) is 2.01. The molecule has 2 rings (SSSR count). The Labute approximate surface area is 119 Å². The van der Waals surface area contributed by atoms with E-state index in [-0.39, 0.29) is 19.0 Å². The normalized spacial score (nSPS) is 18.6. The number of carboxylic acid groups (broad SMARTS) is 1. The first-order valence-electron chi connectivity index (χ1n) is 6.01. The molecule has 1 unspecified atom stereocenters. The summed E-state index contributed by atoms with van der Waals surface area (Å²) >= 11 is 1.52. The van der Waals surface area contributed by atoms with Crippen LogP contribution in [-0.4, -0.2) is 59.0 Å². The van der Waals surface area contributed by atoms with Crippen molar-refractivity contribution in [2.75, 3.05) is 20.1 Å². The van der Waals surface area contributed by atoms with Gasteiger partial charge in [-0.3, -0.25) is 9.69 Å². The summed E-state index contributed by atoms with van der Waals surface area (Å²) in [6.07, 6.45) is 0. The topological polar surface area (TPSA) is 90.0 Å². The average molecular weight is 297 g/mol. The molecule has 1 saturated heterocycles. The van der Waals surface area contributed by atoms with Crippen molar-refractivity contribution in [3.05, 3.63) is 22.4 Å². The summed E-state index contributed by atoms with van der Waals surface area (Å²) in [5.74, 6) is -1.47. The van der Waals surface area contributed by atoms with Crippen LogP contribution < -0.4 is 5.32 Å². The highest BCUT2D eigenvalue weighted by Crippen LogP contribution is 2.12. The molecule has 20 heavy (non-hydrogen) atoms. The summed E-state index contributed by atoms with van der Waals surface area (Å²) in [6.45, 7) is 0.0861. The van der Waals surface area contributed by atoms with E-state index in [9.17, 15) is 14.4 Å². The lowest BCUT2D eigenvalue weighted by Crippen LogP contribution is -2.61. The van der Waals surface area contributed by atoms with E-state index in [0.29, 0.717) is 6.54 Å². The highest BCUT2D eigenvalue weighted by molar-refractivity contribution is 7.07. The number of thiophene rings is 1. The lowest BCUT2D eigenvalue weighted by Gasteiger charge is -2.35. The number of amides is 3. The number of carbonyl (C=O) groups excluding carboxylic acids is 2. The summed E-state index contributed by atoms with van der Waals surface area (Å²) in [7, 11) is 1.59. The molecule has 2 heterocycles. The minimum Gasteiger partial charge on any atom is -0.480 e. The molecule has 8 heteroatoms. The van der Waals surface area contributed by atoms with Gasteiger partial charge in [-0.15, -0.1) is 0 Å². The molecule has 1 atom stereocenters. The quantitative estimate of drug-likeness (QED) is 0.833. The molecule has 1 aromatic rings. The monoisotopic (exact) mass is 297 g/mol. The molecule has 0 aromatic carbocycles. The van der Waals surface area contributed by atoms with Crippen LogP contribution in [0, 0.1) is 0 Å². The Hall–Kier alpha value is -2.09. The van der Waals surface area contributed by atoms with Crippen molar-refractivity contribution in [3.63, 3.8) is 0 Å². The van der Waals surface area contributed by atoms with Crippen LogP contribution in [0.1, 0.15) is 5.56 Å².